The first kappa shape index (κ1) is 12.7. The molecule has 0 atom stereocenters. The summed E-state index contributed by atoms with van der Waals surface area (Å²) in [6.07, 6.45) is 2.75. The summed E-state index contributed by atoms with van der Waals surface area (Å²) in [4.78, 5) is 2.54. The first-order chi connectivity index (χ1) is 8.20. The molecule has 0 heterocycles. The zero-order chi connectivity index (χ0) is 12.3. The van der Waals surface area contributed by atoms with Crippen LogP contribution in [-0.4, -0.2) is 30.6 Å². The maximum absolute atomic E-state index is 5.71. The number of hydrogen-bond donors (Lipinski definition) is 2. The Morgan fingerprint density at radius 2 is 2.24 bits per heavy atom. The van der Waals surface area contributed by atoms with Crippen molar-refractivity contribution in [3.8, 4) is 0 Å². The number of benzene rings is 1. The van der Waals surface area contributed by atoms with E-state index in [9.17, 15) is 0 Å². The molecule has 1 fully saturated rings. The molecule has 0 spiro atoms. The van der Waals surface area contributed by atoms with Gasteiger partial charge in [0.1, 0.15) is 0 Å². The molecule has 1 aromatic rings. The molecular formula is C13H20BrN3. The van der Waals surface area contributed by atoms with Gasteiger partial charge in [-0.25, -0.2) is 0 Å². The van der Waals surface area contributed by atoms with Gasteiger partial charge in [0.15, 0.2) is 0 Å². The van der Waals surface area contributed by atoms with Gasteiger partial charge in [-0.1, -0.05) is 6.92 Å². The van der Waals surface area contributed by atoms with E-state index in [0.29, 0.717) is 0 Å². The minimum absolute atomic E-state index is 0.788. The highest BCUT2D eigenvalue weighted by atomic mass is 79.9. The molecule has 0 amide bonds. The van der Waals surface area contributed by atoms with Gasteiger partial charge >= 0.3 is 0 Å². The third kappa shape index (κ3) is 3.61. The smallest absolute Gasteiger partial charge is 0.0486 e. The van der Waals surface area contributed by atoms with E-state index in [0.717, 1.165) is 41.5 Å². The molecule has 17 heavy (non-hydrogen) atoms. The Bertz CT molecular complexity index is 377. The van der Waals surface area contributed by atoms with Crippen LogP contribution in [0, 0.1) is 0 Å². The Balaban J connectivity index is 1.80. The molecule has 0 unspecified atom stereocenters. The number of nitrogens with two attached hydrogens (primary N) is 1. The van der Waals surface area contributed by atoms with Crippen LogP contribution >= 0.6 is 15.9 Å². The van der Waals surface area contributed by atoms with E-state index in [1.165, 1.54) is 12.8 Å². The second-order valence-electron chi connectivity index (χ2n) is 4.53. The van der Waals surface area contributed by atoms with Gasteiger partial charge in [0.05, 0.1) is 0 Å². The molecule has 1 aliphatic carbocycles. The van der Waals surface area contributed by atoms with Crippen molar-refractivity contribution in [3.63, 3.8) is 0 Å². The maximum Gasteiger partial charge on any atom is 0.0486 e. The SMILES string of the molecule is CCN(CCNc1ccc(N)cc1Br)C1CC1. The van der Waals surface area contributed by atoms with Crippen molar-refractivity contribution in [1.82, 2.24) is 4.90 Å². The minimum Gasteiger partial charge on any atom is -0.399 e. The molecule has 1 aliphatic rings. The van der Waals surface area contributed by atoms with Crippen molar-refractivity contribution in [2.24, 2.45) is 0 Å². The predicted octanol–water partition coefficient (Wildman–Crippen LogP) is 2.93. The molecule has 0 radical (unpaired) electrons. The fourth-order valence-corrected chi connectivity index (χ4v) is 2.58. The zero-order valence-corrected chi connectivity index (χ0v) is 11.8. The number of hydrogen-bond acceptors (Lipinski definition) is 3. The highest BCUT2D eigenvalue weighted by molar-refractivity contribution is 9.10. The topological polar surface area (TPSA) is 41.3 Å². The van der Waals surface area contributed by atoms with E-state index in [1.807, 2.05) is 18.2 Å². The van der Waals surface area contributed by atoms with Crippen molar-refractivity contribution < 1.29 is 0 Å². The lowest BCUT2D eigenvalue weighted by Crippen LogP contribution is -2.30. The molecule has 1 aromatic carbocycles. The molecule has 0 aliphatic heterocycles. The first-order valence-corrected chi connectivity index (χ1v) is 7.03. The van der Waals surface area contributed by atoms with Crippen molar-refractivity contribution in [1.29, 1.82) is 0 Å². The number of anilines is 2. The fraction of sp³-hybridized carbons (Fsp3) is 0.538. The monoisotopic (exact) mass is 297 g/mol. The van der Waals surface area contributed by atoms with Crippen LogP contribution in [-0.2, 0) is 0 Å². The van der Waals surface area contributed by atoms with E-state index >= 15 is 0 Å². The van der Waals surface area contributed by atoms with Crippen molar-refractivity contribution in [2.45, 2.75) is 25.8 Å². The normalized spacial score (nSPS) is 15.2. The zero-order valence-electron chi connectivity index (χ0n) is 10.2. The Kier molecular flexibility index (Phi) is 4.29. The van der Waals surface area contributed by atoms with E-state index in [1.54, 1.807) is 0 Å². The van der Waals surface area contributed by atoms with Crippen LogP contribution in [0.4, 0.5) is 11.4 Å². The summed E-state index contributed by atoms with van der Waals surface area (Å²) in [5.41, 5.74) is 7.61. The first-order valence-electron chi connectivity index (χ1n) is 6.23. The molecule has 1 saturated carbocycles. The highest BCUT2D eigenvalue weighted by Gasteiger charge is 2.27. The Morgan fingerprint density at radius 1 is 1.47 bits per heavy atom. The maximum atomic E-state index is 5.71. The fourth-order valence-electron chi connectivity index (χ4n) is 2.05. The van der Waals surface area contributed by atoms with Gasteiger partial charge in [0, 0.05) is 35.0 Å². The van der Waals surface area contributed by atoms with Crippen LogP contribution in [0.5, 0.6) is 0 Å². The molecular weight excluding hydrogens is 278 g/mol. The van der Waals surface area contributed by atoms with Crippen LogP contribution in [0.15, 0.2) is 22.7 Å². The van der Waals surface area contributed by atoms with Crippen molar-refractivity contribution in [2.75, 3.05) is 30.7 Å². The lowest BCUT2D eigenvalue weighted by molar-refractivity contribution is 0.289. The molecule has 0 bridgehead atoms. The van der Waals surface area contributed by atoms with Crippen LogP contribution in [0.1, 0.15) is 19.8 Å². The quantitative estimate of drug-likeness (QED) is 0.793. The predicted molar refractivity (Wildman–Crippen MR) is 77.3 cm³/mol. The standard InChI is InChI=1S/C13H20BrN3/c1-2-17(11-4-5-11)8-7-16-13-6-3-10(15)9-12(13)14/h3,6,9,11,16H,2,4-5,7-8,15H2,1H3. The second kappa shape index (κ2) is 5.74. The number of likely N-dealkylation sites (N-methyl/N-ethyl adjacent to an activating group) is 1. The summed E-state index contributed by atoms with van der Waals surface area (Å²) in [7, 11) is 0. The average Bonchev–Trinajstić information content (AvgIpc) is 3.11. The van der Waals surface area contributed by atoms with E-state index in [2.05, 4.69) is 33.1 Å². The lowest BCUT2D eigenvalue weighted by atomic mass is 10.3. The largest absolute Gasteiger partial charge is 0.399 e. The molecule has 0 aromatic heterocycles. The van der Waals surface area contributed by atoms with Gasteiger partial charge in [0.25, 0.3) is 0 Å². The second-order valence-corrected chi connectivity index (χ2v) is 5.38. The van der Waals surface area contributed by atoms with Crippen LogP contribution < -0.4 is 11.1 Å². The summed E-state index contributed by atoms with van der Waals surface area (Å²) >= 11 is 3.52. The van der Waals surface area contributed by atoms with Gasteiger partial charge in [-0.15, -0.1) is 0 Å². The van der Waals surface area contributed by atoms with E-state index in [-0.39, 0.29) is 0 Å². The lowest BCUT2D eigenvalue weighted by Gasteiger charge is -2.20. The molecule has 0 saturated heterocycles. The van der Waals surface area contributed by atoms with Crippen molar-refractivity contribution in [3.05, 3.63) is 22.7 Å². The van der Waals surface area contributed by atoms with Gasteiger partial charge in [-0.05, 0) is 53.5 Å². The van der Waals surface area contributed by atoms with Crippen LogP contribution in [0.2, 0.25) is 0 Å². The molecule has 4 heteroatoms. The Morgan fingerprint density at radius 3 is 2.82 bits per heavy atom. The number of nitrogen functional groups attached to an aromatic ring is 1. The number of nitrogens with zero attached hydrogens (tertiary/aromatic N) is 1. The number of halogens is 1. The van der Waals surface area contributed by atoms with Crippen LogP contribution in [0.3, 0.4) is 0 Å². The summed E-state index contributed by atoms with van der Waals surface area (Å²) in [5, 5.41) is 3.44. The summed E-state index contributed by atoms with van der Waals surface area (Å²) in [6.45, 7) is 5.47. The highest BCUT2D eigenvalue weighted by Crippen LogP contribution is 2.27. The molecule has 3 N–H and O–H groups in total. The third-order valence-corrected chi connectivity index (χ3v) is 3.83. The third-order valence-electron chi connectivity index (χ3n) is 3.18. The van der Waals surface area contributed by atoms with Crippen molar-refractivity contribution >= 4 is 27.3 Å². The average molecular weight is 298 g/mol. The molecule has 2 rings (SSSR count). The van der Waals surface area contributed by atoms with Gasteiger partial charge in [-0.2, -0.15) is 0 Å². The van der Waals surface area contributed by atoms with E-state index in [4.69, 9.17) is 5.73 Å². The summed E-state index contributed by atoms with van der Waals surface area (Å²) in [5.74, 6) is 0. The van der Waals surface area contributed by atoms with Gasteiger partial charge in [-0.3, -0.25) is 4.90 Å². The van der Waals surface area contributed by atoms with Gasteiger partial charge in [0.2, 0.25) is 0 Å². The number of rotatable bonds is 6. The van der Waals surface area contributed by atoms with Gasteiger partial charge < -0.3 is 11.1 Å². The van der Waals surface area contributed by atoms with E-state index < -0.39 is 0 Å². The summed E-state index contributed by atoms with van der Waals surface area (Å²) < 4.78 is 1.03. The Labute approximate surface area is 111 Å². The Hall–Kier alpha value is -0.740. The minimum atomic E-state index is 0.788. The summed E-state index contributed by atoms with van der Waals surface area (Å²) in [6, 6.07) is 6.72. The molecule has 94 valence electrons. The number of nitrogens with one attached hydrogen (secondary N) is 1. The molecule has 3 nitrogen and oxygen atoms in total. The van der Waals surface area contributed by atoms with Crippen LogP contribution in [0.25, 0.3) is 0 Å².